The summed E-state index contributed by atoms with van der Waals surface area (Å²) >= 11 is 0. The monoisotopic (exact) mass is 324 g/mol. The van der Waals surface area contributed by atoms with Crippen LogP contribution in [0.25, 0.3) is 0 Å². The topological polar surface area (TPSA) is 92.0 Å². The van der Waals surface area contributed by atoms with Crippen molar-refractivity contribution in [2.45, 2.75) is 18.9 Å². The Kier molecular flexibility index (Phi) is 6.49. The molecule has 0 aromatic heterocycles. The van der Waals surface area contributed by atoms with Gasteiger partial charge in [-0.3, -0.25) is 0 Å². The highest BCUT2D eigenvalue weighted by Crippen LogP contribution is 2.32. The van der Waals surface area contributed by atoms with Crippen molar-refractivity contribution in [3.05, 3.63) is 17.7 Å². The van der Waals surface area contributed by atoms with E-state index in [-0.39, 0.29) is 11.7 Å². The van der Waals surface area contributed by atoms with Crippen molar-refractivity contribution in [2.75, 3.05) is 46.3 Å². The average Bonchev–Trinajstić information content (AvgIpc) is 2.59. The average molecular weight is 324 g/mol. The molecule has 1 unspecified atom stereocenters. The standard InChI is InChI=1S/C16H24N2O5/c1-20-14-8-12(16(19)21-2)13(17)9-15(14)23-6-3-4-11-10-18-5-7-22-11/h8-9,11,18H,3-7,10,17H2,1-2H3. The van der Waals surface area contributed by atoms with Crippen LogP contribution in [0.3, 0.4) is 0 Å². The second-order valence-corrected chi connectivity index (χ2v) is 5.27. The molecule has 1 fully saturated rings. The fourth-order valence-corrected chi connectivity index (χ4v) is 2.43. The van der Waals surface area contributed by atoms with E-state index >= 15 is 0 Å². The zero-order valence-corrected chi connectivity index (χ0v) is 13.6. The number of nitrogens with two attached hydrogens (primary N) is 1. The Morgan fingerprint density at radius 2 is 2.22 bits per heavy atom. The molecule has 1 heterocycles. The third-order valence-electron chi connectivity index (χ3n) is 3.67. The molecule has 0 bridgehead atoms. The maximum absolute atomic E-state index is 11.6. The first-order valence-electron chi connectivity index (χ1n) is 7.66. The van der Waals surface area contributed by atoms with Gasteiger partial charge < -0.3 is 30.0 Å². The van der Waals surface area contributed by atoms with E-state index in [0.717, 1.165) is 32.5 Å². The molecule has 128 valence electrons. The van der Waals surface area contributed by atoms with Gasteiger partial charge in [0, 0.05) is 25.2 Å². The molecule has 1 aliphatic heterocycles. The first-order valence-corrected chi connectivity index (χ1v) is 7.66. The summed E-state index contributed by atoms with van der Waals surface area (Å²) in [6.45, 7) is 3.07. The van der Waals surface area contributed by atoms with Crippen LogP contribution in [0.2, 0.25) is 0 Å². The number of ether oxygens (including phenoxy) is 4. The SMILES string of the molecule is COC(=O)c1cc(OC)c(OCCCC2CNCCO2)cc1N. The van der Waals surface area contributed by atoms with Crippen molar-refractivity contribution in [1.82, 2.24) is 5.32 Å². The van der Waals surface area contributed by atoms with Gasteiger partial charge in [0.1, 0.15) is 0 Å². The van der Waals surface area contributed by atoms with E-state index < -0.39 is 5.97 Å². The Morgan fingerprint density at radius 3 is 2.87 bits per heavy atom. The Labute approximate surface area is 136 Å². The number of benzene rings is 1. The number of hydrogen-bond acceptors (Lipinski definition) is 7. The number of methoxy groups -OCH3 is 2. The zero-order chi connectivity index (χ0) is 16.7. The number of nitrogens with one attached hydrogen (secondary N) is 1. The molecule has 1 aromatic rings. The van der Waals surface area contributed by atoms with Gasteiger partial charge in [0.25, 0.3) is 0 Å². The lowest BCUT2D eigenvalue weighted by atomic mass is 10.1. The summed E-state index contributed by atoms with van der Waals surface area (Å²) in [4.78, 5) is 11.6. The van der Waals surface area contributed by atoms with E-state index in [1.165, 1.54) is 20.3 Å². The molecular weight excluding hydrogens is 300 g/mol. The van der Waals surface area contributed by atoms with Crippen LogP contribution in [0.15, 0.2) is 12.1 Å². The summed E-state index contributed by atoms with van der Waals surface area (Å²) in [6.07, 6.45) is 2.01. The molecule has 0 aliphatic carbocycles. The highest BCUT2D eigenvalue weighted by Gasteiger charge is 2.17. The highest BCUT2D eigenvalue weighted by atomic mass is 16.5. The van der Waals surface area contributed by atoms with Crippen LogP contribution in [-0.4, -0.2) is 52.6 Å². The molecule has 1 atom stereocenters. The molecule has 0 radical (unpaired) electrons. The molecule has 0 spiro atoms. The predicted octanol–water partition coefficient (Wildman–Crippen LogP) is 1.21. The maximum Gasteiger partial charge on any atom is 0.340 e. The van der Waals surface area contributed by atoms with Crippen molar-refractivity contribution in [3.8, 4) is 11.5 Å². The van der Waals surface area contributed by atoms with Crippen molar-refractivity contribution in [1.29, 1.82) is 0 Å². The van der Waals surface area contributed by atoms with E-state index in [1.807, 2.05) is 0 Å². The van der Waals surface area contributed by atoms with Crippen molar-refractivity contribution in [3.63, 3.8) is 0 Å². The summed E-state index contributed by atoms with van der Waals surface area (Å²) in [5.41, 5.74) is 6.44. The summed E-state index contributed by atoms with van der Waals surface area (Å²) in [5, 5.41) is 3.30. The van der Waals surface area contributed by atoms with Gasteiger partial charge in [0.15, 0.2) is 11.5 Å². The largest absolute Gasteiger partial charge is 0.493 e. The molecule has 0 amide bonds. The van der Waals surface area contributed by atoms with Crippen LogP contribution in [0.1, 0.15) is 23.2 Å². The minimum Gasteiger partial charge on any atom is -0.493 e. The van der Waals surface area contributed by atoms with Crippen LogP contribution in [-0.2, 0) is 9.47 Å². The van der Waals surface area contributed by atoms with Gasteiger partial charge >= 0.3 is 5.97 Å². The van der Waals surface area contributed by atoms with Crippen LogP contribution in [0.4, 0.5) is 5.69 Å². The number of rotatable bonds is 7. The van der Waals surface area contributed by atoms with Gasteiger partial charge in [0.2, 0.25) is 0 Å². The molecule has 2 rings (SSSR count). The quantitative estimate of drug-likeness (QED) is 0.442. The van der Waals surface area contributed by atoms with E-state index in [0.29, 0.717) is 23.8 Å². The lowest BCUT2D eigenvalue weighted by Gasteiger charge is -2.23. The fraction of sp³-hybridized carbons (Fsp3) is 0.562. The third kappa shape index (κ3) is 4.74. The number of esters is 1. The molecule has 23 heavy (non-hydrogen) atoms. The van der Waals surface area contributed by atoms with Crippen LogP contribution >= 0.6 is 0 Å². The molecular formula is C16H24N2O5. The Hall–Kier alpha value is -1.99. The van der Waals surface area contributed by atoms with Crippen LogP contribution in [0.5, 0.6) is 11.5 Å². The fourth-order valence-electron chi connectivity index (χ4n) is 2.43. The maximum atomic E-state index is 11.6. The summed E-state index contributed by atoms with van der Waals surface area (Å²) < 4.78 is 21.3. The number of morpholine rings is 1. The Balaban J connectivity index is 1.91. The van der Waals surface area contributed by atoms with Crippen molar-refractivity contribution < 1.29 is 23.7 Å². The lowest BCUT2D eigenvalue weighted by Crippen LogP contribution is -2.38. The predicted molar refractivity (Wildman–Crippen MR) is 86.1 cm³/mol. The minimum absolute atomic E-state index is 0.237. The number of anilines is 1. The number of hydrogen-bond donors (Lipinski definition) is 2. The van der Waals surface area contributed by atoms with Gasteiger partial charge in [-0.1, -0.05) is 0 Å². The first-order chi connectivity index (χ1) is 11.2. The Morgan fingerprint density at radius 1 is 1.39 bits per heavy atom. The van der Waals surface area contributed by atoms with E-state index in [4.69, 9.17) is 19.9 Å². The molecule has 7 nitrogen and oxygen atoms in total. The van der Waals surface area contributed by atoms with Gasteiger partial charge in [0.05, 0.1) is 44.8 Å². The minimum atomic E-state index is -0.505. The third-order valence-corrected chi connectivity index (χ3v) is 3.67. The zero-order valence-electron chi connectivity index (χ0n) is 13.6. The Bertz CT molecular complexity index is 529. The molecule has 7 heteroatoms. The smallest absolute Gasteiger partial charge is 0.340 e. The van der Waals surface area contributed by atoms with E-state index in [9.17, 15) is 4.79 Å². The summed E-state index contributed by atoms with van der Waals surface area (Å²) in [7, 11) is 2.82. The second-order valence-electron chi connectivity index (χ2n) is 5.27. The number of nitrogen functional groups attached to an aromatic ring is 1. The van der Waals surface area contributed by atoms with Crippen LogP contribution < -0.4 is 20.5 Å². The van der Waals surface area contributed by atoms with Crippen molar-refractivity contribution >= 4 is 11.7 Å². The number of carbonyl (C=O) groups excluding carboxylic acids is 1. The first kappa shape index (κ1) is 17.4. The molecule has 1 aliphatic rings. The lowest BCUT2D eigenvalue weighted by molar-refractivity contribution is 0.0203. The molecule has 1 saturated heterocycles. The molecule has 0 saturated carbocycles. The van der Waals surface area contributed by atoms with E-state index in [1.54, 1.807) is 6.07 Å². The normalized spacial score (nSPS) is 17.6. The highest BCUT2D eigenvalue weighted by molar-refractivity contribution is 5.96. The van der Waals surface area contributed by atoms with Gasteiger partial charge in [-0.05, 0) is 12.8 Å². The summed E-state index contributed by atoms with van der Waals surface area (Å²) in [6, 6.07) is 3.12. The van der Waals surface area contributed by atoms with E-state index in [2.05, 4.69) is 10.1 Å². The van der Waals surface area contributed by atoms with Crippen LogP contribution in [0, 0.1) is 0 Å². The molecule has 3 N–H and O–H groups in total. The molecule has 1 aromatic carbocycles. The van der Waals surface area contributed by atoms with Gasteiger partial charge in [-0.25, -0.2) is 4.79 Å². The number of carbonyl (C=O) groups is 1. The summed E-state index contributed by atoms with van der Waals surface area (Å²) in [5.74, 6) is 0.463. The van der Waals surface area contributed by atoms with Gasteiger partial charge in [-0.15, -0.1) is 0 Å². The van der Waals surface area contributed by atoms with Crippen molar-refractivity contribution in [2.24, 2.45) is 0 Å². The van der Waals surface area contributed by atoms with Gasteiger partial charge in [-0.2, -0.15) is 0 Å². The second kappa shape index (κ2) is 8.59.